The Balaban J connectivity index is 1.75. The minimum absolute atomic E-state index is 0.0316. The van der Waals surface area contributed by atoms with Crippen LogP contribution in [0.1, 0.15) is 73.1 Å². The van der Waals surface area contributed by atoms with Crippen molar-refractivity contribution in [3.8, 4) is 0 Å². The molecule has 0 unspecified atom stereocenters. The number of rotatable bonds is 30. The molecule has 10 nitrogen and oxygen atoms in total. The smallest absolute Gasteiger partial charge is 0.0704 e. The van der Waals surface area contributed by atoms with Crippen molar-refractivity contribution in [1.82, 2.24) is 0 Å². The molecule has 0 radical (unpaired) electrons. The second-order valence-electron chi connectivity index (χ2n) is 13.0. The Bertz CT molecular complexity index is 591. The van der Waals surface area contributed by atoms with E-state index in [0.717, 1.165) is 5.92 Å². The van der Waals surface area contributed by atoms with E-state index < -0.39 is 0 Å². The lowest BCUT2D eigenvalue weighted by molar-refractivity contribution is -0.0404. The predicted molar refractivity (Wildman–Crippen MR) is 168 cm³/mol. The van der Waals surface area contributed by atoms with Crippen LogP contribution in [0, 0.1) is 16.7 Å². The third-order valence-electron chi connectivity index (χ3n) is 7.72. The third-order valence-corrected chi connectivity index (χ3v) is 7.72. The van der Waals surface area contributed by atoms with Crippen LogP contribution in [0.5, 0.6) is 0 Å². The average Bonchev–Trinajstić information content (AvgIpc) is 2.98. The second-order valence-corrected chi connectivity index (χ2v) is 13.0. The van der Waals surface area contributed by atoms with E-state index in [0.29, 0.717) is 129 Å². The lowest BCUT2D eigenvalue weighted by Crippen LogP contribution is -2.32. The number of hydrogen-bond acceptors (Lipinski definition) is 10. The van der Waals surface area contributed by atoms with Crippen molar-refractivity contribution in [1.29, 1.82) is 0 Å². The van der Waals surface area contributed by atoms with Gasteiger partial charge in [0, 0.05) is 0 Å². The Morgan fingerprint density at radius 2 is 0.767 bits per heavy atom. The van der Waals surface area contributed by atoms with Gasteiger partial charge in [0.15, 0.2) is 0 Å². The highest BCUT2D eigenvalue weighted by molar-refractivity contribution is 4.85. The zero-order valence-corrected chi connectivity index (χ0v) is 28.2. The molecule has 1 aliphatic rings. The largest absolute Gasteiger partial charge is 0.394 e. The Labute approximate surface area is 262 Å². The van der Waals surface area contributed by atoms with E-state index in [4.69, 9.17) is 47.7 Å². The summed E-state index contributed by atoms with van der Waals surface area (Å²) in [6, 6.07) is 0. The van der Waals surface area contributed by atoms with Crippen LogP contribution in [0.4, 0.5) is 0 Å². The normalized spacial score (nSPS) is 18.0. The van der Waals surface area contributed by atoms with Crippen molar-refractivity contribution < 1.29 is 47.7 Å². The van der Waals surface area contributed by atoms with Gasteiger partial charge in [0.1, 0.15) is 0 Å². The first-order valence-electron chi connectivity index (χ1n) is 16.6. The molecular formula is C33H66O10. The summed E-state index contributed by atoms with van der Waals surface area (Å²) in [4.78, 5) is 0. The first-order valence-corrected chi connectivity index (χ1v) is 16.6. The molecule has 43 heavy (non-hydrogen) atoms. The van der Waals surface area contributed by atoms with E-state index in [2.05, 4.69) is 34.6 Å². The minimum Gasteiger partial charge on any atom is -0.394 e. The number of aliphatic hydroxyl groups is 1. The summed E-state index contributed by atoms with van der Waals surface area (Å²) in [5.41, 5.74) is 0.834. The summed E-state index contributed by atoms with van der Waals surface area (Å²) in [6.07, 6.45) is 7.87. The van der Waals surface area contributed by atoms with Gasteiger partial charge in [-0.2, -0.15) is 0 Å². The fourth-order valence-corrected chi connectivity index (χ4v) is 4.89. The highest BCUT2D eigenvalue weighted by Crippen LogP contribution is 2.43. The lowest BCUT2D eigenvalue weighted by atomic mass is 9.67. The molecule has 0 heterocycles. The summed E-state index contributed by atoms with van der Waals surface area (Å²) >= 11 is 0. The van der Waals surface area contributed by atoms with Gasteiger partial charge in [-0.25, -0.2) is 0 Å². The zero-order chi connectivity index (χ0) is 31.5. The van der Waals surface area contributed by atoms with Gasteiger partial charge in [0.25, 0.3) is 0 Å². The van der Waals surface area contributed by atoms with Crippen molar-refractivity contribution in [3.63, 3.8) is 0 Å². The summed E-state index contributed by atoms with van der Waals surface area (Å²) < 4.78 is 49.6. The Morgan fingerprint density at radius 3 is 1.09 bits per heavy atom. The van der Waals surface area contributed by atoms with Crippen molar-refractivity contribution in [3.05, 3.63) is 0 Å². The van der Waals surface area contributed by atoms with Crippen LogP contribution in [-0.4, -0.2) is 130 Å². The summed E-state index contributed by atoms with van der Waals surface area (Å²) in [7, 11) is 0. The van der Waals surface area contributed by atoms with E-state index in [-0.39, 0.29) is 6.61 Å². The molecule has 0 bridgehead atoms. The minimum atomic E-state index is 0.0316. The average molecular weight is 623 g/mol. The van der Waals surface area contributed by atoms with Crippen LogP contribution in [0.25, 0.3) is 0 Å². The third kappa shape index (κ3) is 25.5. The van der Waals surface area contributed by atoms with Crippen molar-refractivity contribution in [2.75, 3.05) is 119 Å². The van der Waals surface area contributed by atoms with E-state index >= 15 is 0 Å². The van der Waals surface area contributed by atoms with Gasteiger partial charge < -0.3 is 47.7 Å². The fraction of sp³-hybridized carbons (Fsp3) is 1.00. The summed E-state index contributed by atoms with van der Waals surface area (Å²) in [5, 5.41) is 8.58. The van der Waals surface area contributed by atoms with E-state index in [1.165, 1.54) is 38.5 Å². The summed E-state index contributed by atoms with van der Waals surface area (Å²) in [5.74, 6) is 0.809. The zero-order valence-electron chi connectivity index (χ0n) is 28.2. The molecule has 0 aromatic heterocycles. The number of hydrogen-bond donors (Lipinski definition) is 1. The van der Waals surface area contributed by atoms with Crippen LogP contribution in [0.2, 0.25) is 0 Å². The van der Waals surface area contributed by atoms with Crippen LogP contribution >= 0.6 is 0 Å². The van der Waals surface area contributed by atoms with Gasteiger partial charge in [-0.05, 0) is 55.3 Å². The monoisotopic (exact) mass is 622 g/mol. The Morgan fingerprint density at radius 1 is 0.442 bits per heavy atom. The molecule has 0 saturated heterocycles. The molecule has 0 atom stereocenters. The topological polar surface area (TPSA) is 103 Å². The summed E-state index contributed by atoms with van der Waals surface area (Å²) in [6.45, 7) is 20.9. The van der Waals surface area contributed by atoms with Gasteiger partial charge in [-0.15, -0.1) is 0 Å². The second kappa shape index (κ2) is 26.8. The molecule has 1 aliphatic carbocycles. The van der Waals surface area contributed by atoms with Crippen LogP contribution in [-0.2, 0) is 42.6 Å². The molecule has 0 amide bonds. The molecule has 1 saturated carbocycles. The molecule has 0 aromatic rings. The van der Waals surface area contributed by atoms with Gasteiger partial charge in [-0.3, -0.25) is 0 Å². The molecule has 0 aliphatic heterocycles. The molecule has 0 spiro atoms. The molecule has 258 valence electrons. The lowest BCUT2D eigenvalue weighted by Gasteiger charge is -2.40. The van der Waals surface area contributed by atoms with Crippen molar-refractivity contribution in [2.24, 2.45) is 16.7 Å². The van der Waals surface area contributed by atoms with Gasteiger partial charge in [0.05, 0.1) is 125 Å². The highest BCUT2D eigenvalue weighted by Gasteiger charge is 2.34. The number of ether oxygens (including phenoxy) is 9. The SMILES string of the molecule is CC(C)(C)CCC(C)(C)C1CCC(OCCOCCOCCOCCOCCOCCOCCOCCOCCO)CC1. The molecule has 1 fully saturated rings. The first-order chi connectivity index (χ1) is 20.7. The maximum absolute atomic E-state index is 8.58. The molecular weight excluding hydrogens is 556 g/mol. The first kappa shape index (κ1) is 40.6. The van der Waals surface area contributed by atoms with E-state index in [1.807, 2.05) is 0 Å². The predicted octanol–water partition coefficient (Wildman–Crippen LogP) is 4.54. The Kier molecular flexibility index (Phi) is 25.3. The molecule has 0 aromatic carbocycles. The van der Waals surface area contributed by atoms with Crippen molar-refractivity contribution in [2.45, 2.75) is 79.2 Å². The van der Waals surface area contributed by atoms with Crippen LogP contribution < -0.4 is 0 Å². The quantitative estimate of drug-likeness (QED) is 0.115. The Hall–Kier alpha value is -0.400. The van der Waals surface area contributed by atoms with Gasteiger partial charge >= 0.3 is 0 Å². The molecule has 1 rings (SSSR count). The van der Waals surface area contributed by atoms with Gasteiger partial charge in [0.2, 0.25) is 0 Å². The molecule has 1 N–H and O–H groups in total. The van der Waals surface area contributed by atoms with E-state index in [9.17, 15) is 0 Å². The van der Waals surface area contributed by atoms with E-state index in [1.54, 1.807) is 0 Å². The van der Waals surface area contributed by atoms with Crippen molar-refractivity contribution >= 4 is 0 Å². The van der Waals surface area contributed by atoms with Crippen LogP contribution in [0.15, 0.2) is 0 Å². The maximum Gasteiger partial charge on any atom is 0.0704 e. The van der Waals surface area contributed by atoms with Gasteiger partial charge in [-0.1, -0.05) is 34.6 Å². The maximum atomic E-state index is 8.58. The highest BCUT2D eigenvalue weighted by atomic mass is 16.6. The fourth-order valence-electron chi connectivity index (χ4n) is 4.89. The standard InChI is InChI=1S/C33H66O10/c1-32(2,3)10-11-33(4,5)30-6-8-31(9-7-30)43-29-28-42-27-26-41-25-24-40-23-22-39-21-20-38-19-18-37-17-16-36-15-14-35-13-12-34/h30-31,34H,6-29H2,1-5H3. The molecule has 10 heteroatoms. The van der Waals surface area contributed by atoms with Crippen LogP contribution in [0.3, 0.4) is 0 Å². The number of aliphatic hydroxyl groups excluding tert-OH is 1.